The topological polar surface area (TPSA) is 87.0 Å². The number of ether oxygens (including phenoxy) is 1. The fraction of sp³-hybridized carbons (Fsp3) is 0.532. The lowest BCUT2D eigenvalue weighted by Crippen LogP contribution is -2.26. The molecule has 67 heavy (non-hydrogen) atoms. The van der Waals surface area contributed by atoms with Crippen LogP contribution in [0.15, 0.2) is 84.9 Å². The Hall–Kier alpha value is -4.45. The average molecular weight is 913 g/mol. The van der Waals surface area contributed by atoms with Gasteiger partial charge in [0.05, 0.1) is 11.2 Å². The van der Waals surface area contributed by atoms with Gasteiger partial charge in [-0.2, -0.15) is 0 Å². The van der Waals surface area contributed by atoms with Crippen molar-refractivity contribution in [1.29, 1.82) is 0 Å². The minimum absolute atomic E-state index is 0.0391. The van der Waals surface area contributed by atoms with Gasteiger partial charge >= 0.3 is 5.97 Å². The summed E-state index contributed by atoms with van der Waals surface area (Å²) in [6.07, 6.45) is 22.7. The number of phenolic OH excluding ortho intramolecular Hbond substituents is 1. The highest BCUT2D eigenvalue weighted by Gasteiger charge is 2.33. The van der Waals surface area contributed by atoms with Crippen LogP contribution in [0.4, 0.5) is 0 Å². The molecule has 1 atom stereocenters. The number of carbonyl (C=O) groups excluding carboxylic acids is 1. The van der Waals surface area contributed by atoms with Gasteiger partial charge in [0.1, 0.15) is 11.9 Å². The van der Waals surface area contributed by atoms with Crippen LogP contribution in [0.3, 0.4) is 0 Å². The summed E-state index contributed by atoms with van der Waals surface area (Å²) in [4.78, 5) is 11.4. The van der Waals surface area contributed by atoms with Crippen molar-refractivity contribution in [3.8, 4) is 5.75 Å². The monoisotopic (exact) mass is 913 g/mol. The van der Waals surface area contributed by atoms with Crippen molar-refractivity contribution >= 4 is 18.1 Å². The SMILES string of the molecule is CCCc1cc(C(CC)(CC)c2ccc(CC[C@@H]3CCC(=O)O3)c(C)c2)ccc1/C=C/C(O)(CC)CC.CCCc1cc(C(CC)(CC)c2ccc(O)c(C)c2)ccc1/C=C/C(O)(CC)CC. The zero-order chi connectivity index (χ0) is 49.4. The lowest BCUT2D eigenvalue weighted by Gasteiger charge is -2.34. The van der Waals surface area contributed by atoms with Crippen molar-refractivity contribution in [2.75, 3.05) is 0 Å². The molecule has 5 heteroatoms. The van der Waals surface area contributed by atoms with Gasteiger partial charge < -0.3 is 20.1 Å². The van der Waals surface area contributed by atoms with Gasteiger partial charge in [0.2, 0.25) is 0 Å². The van der Waals surface area contributed by atoms with Crippen molar-refractivity contribution in [2.45, 2.75) is 214 Å². The molecule has 0 aliphatic carbocycles. The second-order valence-electron chi connectivity index (χ2n) is 19.5. The van der Waals surface area contributed by atoms with E-state index < -0.39 is 11.2 Å². The third kappa shape index (κ3) is 13.4. The third-order valence-electron chi connectivity index (χ3n) is 15.8. The van der Waals surface area contributed by atoms with Crippen LogP contribution < -0.4 is 0 Å². The molecule has 4 aromatic carbocycles. The van der Waals surface area contributed by atoms with Crippen molar-refractivity contribution in [1.82, 2.24) is 0 Å². The third-order valence-corrected chi connectivity index (χ3v) is 15.8. The van der Waals surface area contributed by atoms with Gasteiger partial charge in [0.15, 0.2) is 0 Å². The molecule has 5 nitrogen and oxygen atoms in total. The molecule has 0 radical (unpaired) electrons. The van der Waals surface area contributed by atoms with E-state index in [1.807, 2.05) is 52.8 Å². The maximum absolute atomic E-state index is 11.4. The molecule has 1 heterocycles. The Balaban J connectivity index is 0.000000299. The van der Waals surface area contributed by atoms with E-state index in [4.69, 9.17) is 4.74 Å². The maximum atomic E-state index is 11.4. The molecule has 4 aromatic rings. The van der Waals surface area contributed by atoms with E-state index in [0.717, 1.165) is 102 Å². The van der Waals surface area contributed by atoms with Crippen LogP contribution in [0.2, 0.25) is 0 Å². The maximum Gasteiger partial charge on any atom is 0.306 e. The predicted molar refractivity (Wildman–Crippen MR) is 284 cm³/mol. The first kappa shape index (κ1) is 55.1. The number of hydrogen-bond donors (Lipinski definition) is 3. The molecular formula is C62H88O5. The van der Waals surface area contributed by atoms with Crippen molar-refractivity contribution in [2.24, 2.45) is 0 Å². The Morgan fingerprint density at radius 1 is 0.537 bits per heavy atom. The summed E-state index contributed by atoms with van der Waals surface area (Å²) in [5, 5.41) is 31.4. The second kappa shape index (κ2) is 25.2. The van der Waals surface area contributed by atoms with Crippen LogP contribution in [0, 0.1) is 13.8 Å². The molecule has 0 bridgehead atoms. The number of carbonyl (C=O) groups is 1. The summed E-state index contributed by atoms with van der Waals surface area (Å²) in [5.41, 5.74) is 12.5. The molecule has 0 spiro atoms. The molecule has 0 saturated carbocycles. The first-order valence-corrected chi connectivity index (χ1v) is 26.2. The minimum atomic E-state index is -0.739. The Bertz CT molecular complexity index is 2240. The van der Waals surface area contributed by atoms with Crippen molar-refractivity contribution in [3.63, 3.8) is 0 Å². The molecular weight excluding hydrogens is 825 g/mol. The van der Waals surface area contributed by atoms with Crippen molar-refractivity contribution in [3.05, 3.63) is 146 Å². The molecule has 366 valence electrons. The highest BCUT2D eigenvalue weighted by Crippen LogP contribution is 2.43. The molecule has 0 amide bonds. The second-order valence-corrected chi connectivity index (χ2v) is 19.5. The quantitative estimate of drug-likeness (QED) is 0.0646. The number of aliphatic hydroxyl groups is 2. The fourth-order valence-corrected chi connectivity index (χ4v) is 10.4. The minimum Gasteiger partial charge on any atom is -0.508 e. The van der Waals surface area contributed by atoms with E-state index in [9.17, 15) is 20.1 Å². The normalized spacial score (nSPS) is 14.8. The molecule has 1 fully saturated rings. The average Bonchev–Trinajstić information content (AvgIpc) is 3.77. The van der Waals surface area contributed by atoms with Gasteiger partial charge in [0.25, 0.3) is 0 Å². The summed E-state index contributed by atoms with van der Waals surface area (Å²) >= 11 is 0. The Labute approximate surface area is 407 Å². The zero-order valence-corrected chi connectivity index (χ0v) is 43.8. The Morgan fingerprint density at radius 2 is 0.955 bits per heavy atom. The Kier molecular flexibility index (Phi) is 20.8. The number of cyclic esters (lactones) is 1. The Morgan fingerprint density at radius 3 is 1.33 bits per heavy atom. The van der Waals surface area contributed by atoms with Crippen LogP contribution in [0.5, 0.6) is 5.75 Å². The van der Waals surface area contributed by atoms with Crippen molar-refractivity contribution < 1.29 is 24.9 Å². The van der Waals surface area contributed by atoms with Gasteiger partial charge in [0, 0.05) is 17.3 Å². The van der Waals surface area contributed by atoms with Crippen LogP contribution in [0.25, 0.3) is 12.2 Å². The first-order chi connectivity index (χ1) is 32.0. The number of aromatic hydroxyl groups is 1. The van der Waals surface area contributed by atoms with Crippen LogP contribution in [0.1, 0.15) is 214 Å². The van der Waals surface area contributed by atoms with E-state index in [1.54, 1.807) is 0 Å². The van der Waals surface area contributed by atoms with Crippen LogP contribution in [-0.4, -0.2) is 38.6 Å². The van der Waals surface area contributed by atoms with E-state index in [1.165, 1.54) is 55.6 Å². The number of rotatable bonds is 23. The van der Waals surface area contributed by atoms with Crippen LogP contribution in [-0.2, 0) is 39.6 Å². The van der Waals surface area contributed by atoms with Crippen LogP contribution >= 0.6 is 0 Å². The van der Waals surface area contributed by atoms with Gasteiger partial charge in [-0.1, -0.05) is 173 Å². The van der Waals surface area contributed by atoms with E-state index >= 15 is 0 Å². The van der Waals surface area contributed by atoms with Gasteiger partial charge in [-0.25, -0.2) is 0 Å². The summed E-state index contributed by atoms with van der Waals surface area (Å²) in [5.74, 6) is 0.300. The summed E-state index contributed by atoms with van der Waals surface area (Å²) in [6.45, 7) is 25.9. The molecule has 1 aliphatic rings. The smallest absolute Gasteiger partial charge is 0.306 e. The standard InChI is InChI=1S/C34H48O3.C28H40O2/c1-7-12-28-24-30(17-14-27(28)21-22-33(36,8-2)9-3)34(10-4,11-5)29-16-13-26(25(6)23-29)15-18-31-19-20-32(35)37-31;1-7-12-23-20-25(14-13-22(23)17-18-27(30,8-2)9-3)28(10-4,11-5)24-15-16-26(29)21(6)19-24/h13-14,16-17,21-24,31,36H,7-12,15,18-20H2,1-6H3;13-20,29-30H,7-12H2,1-6H3/b22-21+;18-17+/t31-;/m1./s1. The number of aryl methyl sites for hydroxylation is 5. The number of phenols is 1. The first-order valence-electron chi connectivity index (χ1n) is 26.2. The largest absolute Gasteiger partial charge is 0.508 e. The molecule has 3 N–H and O–H groups in total. The number of benzene rings is 4. The lowest BCUT2D eigenvalue weighted by molar-refractivity contribution is -0.141. The molecule has 5 rings (SSSR count). The zero-order valence-electron chi connectivity index (χ0n) is 43.8. The summed E-state index contributed by atoms with van der Waals surface area (Å²) < 4.78 is 5.43. The molecule has 1 aliphatic heterocycles. The van der Waals surface area contributed by atoms with Gasteiger partial charge in [-0.3, -0.25) is 4.79 Å². The molecule has 0 aromatic heterocycles. The predicted octanol–water partition coefficient (Wildman–Crippen LogP) is 15.6. The molecule has 1 saturated heterocycles. The number of hydrogen-bond acceptors (Lipinski definition) is 5. The summed E-state index contributed by atoms with van der Waals surface area (Å²) in [6, 6.07) is 26.9. The number of esters is 1. The lowest BCUT2D eigenvalue weighted by atomic mass is 9.69. The molecule has 0 unspecified atom stereocenters. The fourth-order valence-electron chi connectivity index (χ4n) is 10.4. The summed E-state index contributed by atoms with van der Waals surface area (Å²) in [7, 11) is 0. The van der Waals surface area contributed by atoms with E-state index in [0.29, 0.717) is 12.2 Å². The van der Waals surface area contributed by atoms with Gasteiger partial charge in [-0.15, -0.1) is 0 Å². The van der Waals surface area contributed by atoms with E-state index in [-0.39, 0.29) is 22.9 Å². The van der Waals surface area contributed by atoms with E-state index in [2.05, 4.69) is 127 Å². The highest BCUT2D eigenvalue weighted by molar-refractivity contribution is 5.71. The highest BCUT2D eigenvalue weighted by atomic mass is 16.5. The van der Waals surface area contributed by atoms with Gasteiger partial charge in [-0.05, 0) is 165 Å².